The molecule has 0 radical (unpaired) electrons. The molecule has 0 aliphatic rings. The van der Waals surface area contributed by atoms with Gasteiger partial charge in [-0.3, -0.25) is 10.1 Å². The topological polar surface area (TPSA) is 71.1 Å². The van der Waals surface area contributed by atoms with Crippen molar-refractivity contribution in [2.45, 2.75) is 6.92 Å². The molecule has 0 aliphatic carbocycles. The number of anilines is 1. The molecule has 0 amide bonds. The Kier molecular flexibility index (Phi) is 4.27. The Morgan fingerprint density at radius 3 is 2.29 bits per heavy atom. The fourth-order valence-electron chi connectivity index (χ4n) is 1.79. The van der Waals surface area contributed by atoms with Gasteiger partial charge in [0, 0.05) is 25.8 Å². The molecule has 6 heteroatoms. The number of rotatable bonds is 4. The summed E-state index contributed by atoms with van der Waals surface area (Å²) in [6, 6.07) is 12.3. The van der Waals surface area contributed by atoms with Gasteiger partial charge < -0.3 is 4.90 Å². The van der Waals surface area contributed by atoms with E-state index >= 15 is 0 Å². The summed E-state index contributed by atoms with van der Waals surface area (Å²) in [4.78, 5) is 12.5. The van der Waals surface area contributed by atoms with E-state index in [-0.39, 0.29) is 11.4 Å². The molecule has 0 atom stereocenters. The van der Waals surface area contributed by atoms with Crippen LogP contribution in [0.5, 0.6) is 0 Å². The highest BCUT2D eigenvalue weighted by atomic mass is 16.6. The van der Waals surface area contributed by atoms with Crippen molar-refractivity contribution in [2.75, 3.05) is 19.0 Å². The number of azo groups is 1. The van der Waals surface area contributed by atoms with Crippen LogP contribution < -0.4 is 4.90 Å². The molecule has 2 aromatic carbocycles. The first kappa shape index (κ1) is 14.6. The lowest BCUT2D eigenvalue weighted by molar-refractivity contribution is -0.384. The normalized spacial score (nSPS) is 10.8. The summed E-state index contributed by atoms with van der Waals surface area (Å²) >= 11 is 0. The number of hydrogen-bond acceptors (Lipinski definition) is 5. The molecule has 0 saturated heterocycles. The van der Waals surface area contributed by atoms with Crippen molar-refractivity contribution in [3.05, 3.63) is 58.1 Å². The van der Waals surface area contributed by atoms with E-state index in [1.165, 1.54) is 6.07 Å². The maximum absolute atomic E-state index is 11.0. The third kappa shape index (κ3) is 3.62. The zero-order valence-electron chi connectivity index (χ0n) is 12.1. The summed E-state index contributed by atoms with van der Waals surface area (Å²) in [6.07, 6.45) is 0. The molecule has 0 saturated carbocycles. The van der Waals surface area contributed by atoms with E-state index in [1.807, 2.05) is 43.3 Å². The van der Waals surface area contributed by atoms with Gasteiger partial charge in [-0.25, -0.2) is 0 Å². The Morgan fingerprint density at radius 2 is 1.71 bits per heavy atom. The van der Waals surface area contributed by atoms with Crippen LogP contribution in [0.1, 0.15) is 5.56 Å². The molecule has 0 N–H and O–H groups in total. The summed E-state index contributed by atoms with van der Waals surface area (Å²) < 4.78 is 0. The molecule has 0 fully saturated rings. The van der Waals surface area contributed by atoms with Crippen LogP contribution in [0.15, 0.2) is 52.7 Å². The zero-order chi connectivity index (χ0) is 15.4. The average Bonchev–Trinajstić information content (AvgIpc) is 2.46. The number of nitro benzene ring substituents is 1. The lowest BCUT2D eigenvalue weighted by Crippen LogP contribution is -2.07. The second kappa shape index (κ2) is 6.13. The van der Waals surface area contributed by atoms with Crippen LogP contribution in [0.4, 0.5) is 22.7 Å². The fraction of sp³-hybridized carbons (Fsp3) is 0.200. The van der Waals surface area contributed by atoms with Gasteiger partial charge in [0.05, 0.1) is 10.6 Å². The van der Waals surface area contributed by atoms with Crippen molar-refractivity contribution in [2.24, 2.45) is 10.2 Å². The largest absolute Gasteiger partial charge is 0.378 e. The van der Waals surface area contributed by atoms with E-state index in [2.05, 4.69) is 10.2 Å². The third-order valence-corrected chi connectivity index (χ3v) is 2.97. The van der Waals surface area contributed by atoms with Crippen LogP contribution in [0.2, 0.25) is 0 Å². The molecule has 6 nitrogen and oxygen atoms in total. The Labute approximate surface area is 122 Å². The van der Waals surface area contributed by atoms with Gasteiger partial charge in [-0.15, -0.1) is 5.11 Å². The Morgan fingerprint density at radius 1 is 1.05 bits per heavy atom. The van der Waals surface area contributed by atoms with Gasteiger partial charge in [-0.1, -0.05) is 6.07 Å². The Balaban J connectivity index is 2.27. The van der Waals surface area contributed by atoms with Gasteiger partial charge in [0.15, 0.2) is 5.69 Å². The van der Waals surface area contributed by atoms with Crippen LogP contribution in [0.25, 0.3) is 0 Å². The highest BCUT2D eigenvalue weighted by Gasteiger charge is 2.13. The van der Waals surface area contributed by atoms with Crippen LogP contribution in [-0.2, 0) is 0 Å². The zero-order valence-corrected chi connectivity index (χ0v) is 12.1. The molecule has 108 valence electrons. The standard InChI is InChI=1S/C15H16N4O2/c1-11-4-9-14(15(10-11)19(20)21)17-16-12-5-7-13(8-6-12)18(2)3/h4-10H,1-3H3/b17-16+. The number of nitrogens with zero attached hydrogens (tertiary/aromatic N) is 4. The smallest absolute Gasteiger partial charge is 0.296 e. The lowest BCUT2D eigenvalue weighted by Gasteiger charge is -2.11. The van der Waals surface area contributed by atoms with Crippen molar-refractivity contribution >= 4 is 22.7 Å². The van der Waals surface area contributed by atoms with Crippen molar-refractivity contribution in [3.63, 3.8) is 0 Å². The monoisotopic (exact) mass is 284 g/mol. The molecule has 2 aromatic rings. The summed E-state index contributed by atoms with van der Waals surface area (Å²) in [6.45, 7) is 1.80. The highest BCUT2D eigenvalue weighted by molar-refractivity contribution is 5.58. The average molecular weight is 284 g/mol. The van der Waals surface area contributed by atoms with Gasteiger partial charge in [-0.2, -0.15) is 5.11 Å². The maximum atomic E-state index is 11.0. The first-order valence-corrected chi connectivity index (χ1v) is 6.41. The van der Waals surface area contributed by atoms with Crippen molar-refractivity contribution in [3.8, 4) is 0 Å². The Bertz CT molecular complexity index is 679. The van der Waals surface area contributed by atoms with Gasteiger partial charge in [0.2, 0.25) is 0 Å². The first-order chi connectivity index (χ1) is 9.97. The molecular formula is C15H16N4O2. The van der Waals surface area contributed by atoms with E-state index in [1.54, 1.807) is 19.1 Å². The number of benzene rings is 2. The molecule has 2 rings (SSSR count). The predicted molar refractivity (Wildman–Crippen MR) is 82.8 cm³/mol. The summed E-state index contributed by atoms with van der Waals surface area (Å²) in [5, 5.41) is 19.0. The van der Waals surface area contributed by atoms with E-state index in [0.717, 1.165) is 11.3 Å². The SMILES string of the molecule is Cc1ccc(/N=N/c2ccc(N(C)C)cc2)c([N+](=O)[O-])c1. The molecule has 0 spiro atoms. The second-order valence-corrected chi connectivity index (χ2v) is 4.86. The molecular weight excluding hydrogens is 268 g/mol. The van der Waals surface area contributed by atoms with Crippen LogP contribution in [0.3, 0.4) is 0 Å². The minimum atomic E-state index is -0.448. The summed E-state index contributed by atoms with van der Waals surface area (Å²) in [5.74, 6) is 0. The lowest BCUT2D eigenvalue weighted by atomic mass is 10.2. The molecule has 0 unspecified atom stereocenters. The maximum Gasteiger partial charge on any atom is 0.296 e. The second-order valence-electron chi connectivity index (χ2n) is 4.86. The molecule has 0 aliphatic heterocycles. The number of aryl methyl sites for hydroxylation is 1. The quantitative estimate of drug-likeness (QED) is 0.475. The third-order valence-electron chi connectivity index (χ3n) is 2.97. The minimum absolute atomic E-state index is 0.0383. The summed E-state index contributed by atoms with van der Waals surface area (Å²) in [7, 11) is 3.90. The first-order valence-electron chi connectivity index (χ1n) is 6.41. The van der Waals surface area contributed by atoms with Gasteiger partial charge in [0.1, 0.15) is 0 Å². The fourth-order valence-corrected chi connectivity index (χ4v) is 1.79. The van der Waals surface area contributed by atoms with Gasteiger partial charge >= 0.3 is 0 Å². The van der Waals surface area contributed by atoms with Crippen LogP contribution >= 0.6 is 0 Å². The van der Waals surface area contributed by atoms with E-state index in [0.29, 0.717) is 5.69 Å². The van der Waals surface area contributed by atoms with Crippen LogP contribution in [-0.4, -0.2) is 19.0 Å². The van der Waals surface area contributed by atoms with E-state index < -0.39 is 4.92 Å². The van der Waals surface area contributed by atoms with Crippen LogP contribution in [0, 0.1) is 17.0 Å². The number of nitro groups is 1. The van der Waals surface area contributed by atoms with Gasteiger partial charge in [-0.05, 0) is 42.8 Å². The van der Waals surface area contributed by atoms with Crippen molar-refractivity contribution < 1.29 is 4.92 Å². The predicted octanol–water partition coefficient (Wildman–Crippen LogP) is 4.38. The molecule has 0 heterocycles. The molecule has 0 bridgehead atoms. The molecule has 0 aromatic heterocycles. The summed E-state index contributed by atoms with van der Waals surface area (Å²) in [5.41, 5.74) is 2.73. The number of hydrogen-bond donors (Lipinski definition) is 0. The van der Waals surface area contributed by atoms with E-state index in [9.17, 15) is 10.1 Å². The highest BCUT2D eigenvalue weighted by Crippen LogP contribution is 2.30. The minimum Gasteiger partial charge on any atom is -0.378 e. The van der Waals surface area contributed by atoms with Crippen molar-refractivity contribution in [1.82, 2.24) is 0 Å². The Hall–Kier alpha value is -2.76. The van der Waals surface area contributed by atoms with Gasteiger partial charge in [0.25, 0.3) is 5.69 Å². The van der Waals surface area contributed by atoms with E-state index in [4.69, 9.17) is 0 Å². The molecule has 21 heavy (non-hydrogen) atoms. The van der Waals surface area contributed by atoms with Crippen molar-refractivity contribution in [1.29, 1.82) is 0 Å².